The van der Waals surface area contributed by atoms with Gasteiger partial charge in [-0.05, 0) is 39.8 Å². The van der Waals surface area contributed by atoms with Crippen LogP contribution in [0.2, 0.25) is 6.04 Å². The van der Waals surface area contributed by atoms with Gasteiger partial charge in [0, 0.05) is 25.9 Å². The molecule has 0 spiro atoms. The molecule has 0 aliphatic heterocycles. The number of hydrogen-bond acceptors (Lipinski definition) is 4. The summed E-state index contributed by atoms with van der Waals surface area (Å²) in [4.78, 5) is 0. The van der Waals surface area contributed by atoms with Gasteiger partial charge >= 0.3 is 8.80 Å². The van der Waals surface area contributed by atoms with Gasteiger partial charge < -0.3 is 13.3 Å². The Bertz CT molecular complexity index is 246. The van der Waals surface area contributed by atoms with Crippen molar-refractivity contribution in [3.63, 3.8) is 0 Å². The van der Waals surface area contributed by atoms with Gasteiger partial charge in [-0.25, -0.2) is 0 Å². The molecule has 0 aromatic rings. The van der Waals surface area contributed by atoms with Gasteiger partial charge in [0.25, 0.3) is 0 Å². The van der Waals surface area contributed by atoms with Crippen LogP contribution in [0.3, 0.4) is 0 Å². The third-order valence-electron chi connectivity index (χ3n) is 2.28. The molecule has 8 heteroatoms. The van der Waals surface area contributed by atoms with E-state index < -0.39 is 13.2 Å². The fourth-order valence-electron chi connectivity index (χ4n) is 1.66. The highest BCUT2D eigenvalue weighted by Crippen LogP contribution is 2.56. The predicted octanol–water partition coefficient (Wildman–Crippen LogP) is 3.98. The molecule has 18 heavy (non-hydrogen) atoms. The van der Waals surface area contributed by atoms with Crippen LogP contribution in [0.1, 0.15) is 33.6 Å². The van der Waals surface area contributed by atoms with E-state index in [0.717, 1.165) is 25.0 Å². The first-order valence-electron chi connectivity index (χ1n) is 6.35. The first kappa shape index (κ1) is 19.4. The Morgan fingerprint density at radius 2 is 1.39 bits per heavy atom. The molecule has 0 bridgehead atoms. The lowest BCUT2D eigenvalue weighted by molar-refractivity contribution is 0.0708. The van der Waals surface area contributed by atoms with Crippen LogP contribution in [-0.2, 0) is 25.1 Å². The molecule has 0 aromatic heterocycles. The zero-order chi connectivity index (χ0) is 14.1. The second kappa shape index (κ2) is 10.2. The second-order valence-corrected chi connectivity index (χ2v) is 16.9. The molecule has 0 rings (SSSR count). The van der Waals surface area contributed by atoms with Crippen molar-refractivity contribution >= 4 is 49.6 Å². The Kier molecular flexibility index (Phi) is 11.0. The largest absolute Gasteiger partial charge is 0.500 e. The molecule has 0 fully saturated rings. The number of thiol groups is 2. The first-order valence-corrected chi connectivity index (χ1v) is 13.6. The topological polar surface area (TPSA) is 27.7 Å². The van der Waals surface area contributed by atoms with E-state index in [1.165, 1.54) is 0 Å². The van der Waals surface area contributed by atoms with Crippen LogP contribution in [0, 0.1) is 0 Å². The van der Waals surface area contributed by atoms with E-state index in [4.69, 9.17) is 25.1 Å². The Hall–Kier alpha value is 1.45. The monoisotopic (exact) mass is 348 g/mol. The molecule has 0 aromatic carbocycles. The molecule has 0 saturated carbocycles. The zero-order valence-corrected chi connectivity index (χ0v) is 15.9. The van der Waals surface area contributed by atoms with Crippen LogP contribution in [0.4, 0.5) is 0 Å². The minimum atomic E-state index is -2.46. The van der Waals surface area contributed by atoms with Crippen LogP contribution >= 0.6 is 28.9 Å². The van der Waals surface area contributed by atoms with Crippen molar-refractivity contribution in [2.45, 2.75) is 39.7 Å². The van der Waals surface area contributed by atoms with E-state index in [0.29, 0.717) is 19.8 Å². The third kappa shape index (κ3) is 9.37. The highest BCUT2D eigenvalue weighted by atomic mass is 33.2. The van der Waals surface area contributed by atoms with Crippen LogP contribution in [-0.4, -0.2) is 34.8 Å². The van der Waals surface area contributed by atoms with Gasteiger partial charge in [-0.3, -0.25) is 0 Å². The molecule has 0 amide bonds. The summed E-state index contributed by atoms with van der Waals surface area (Å²) in [5.74, 6) is 0. The molecule has 0 N–H and O–H groups in total. The van der Waals surface area contributed by atoms with Crippen LogP contribution in [0.25, 0.3) is 0 Å². The summed E-state index contributed by atoms with van der Waals surface area (Å²) in [6, 6.07) is 0.847. The van der Waals surface area contributed by atoms with Crippen LogP contribution in [0.15, 0.2) is 0 Å². The second-order valence-electron chi connectivity index (χ2n) is 3.83. The maximum Gasteiger partial charge on any atom is 0.500 e. The van der Waals surface area contributed by atoms with Crippen LogP contribution < -0.4 is 0 Å². The predicted molar refractivity (Wildman–Crippen MR) is 91.8 cm³/mol. The normalized spacial score (nSPS) is 12.9. The highest BCUT2D eigenvalue weighted by molar-refractivity contribution is 8.92. The van der Waals surface area contributed by atoms with Crippen molar-refractivity contribution in [1.82, 2.24) is 0 Å². The molecule has 0 atom stereocenters. The molecule has 110 valence electrons. The van der Waals surface area contributed by atoms with Gasteiger partial charge in [0.1, 0.15) is 0 Å². The van der Waals surface area contributed by atoms with Gasteiger partial charge in [0.05, 0.1) is 4.44 Å². The van der Waals surface area contributed by atoms with Crippen molar-refractivity contribution in [3.8, 4) is 0 Å². The van der Waals surface area contributed by atoms with E-state index in [1.807, 2.05) is 20.8 Å². The average molecular weight is 349 g/mol. The maximum atomic E-state index is 5.78. The van der Waals surface area contributed by atoms with Gasteiger partial charge in [0.2, 0.25) is 0 Å². The van der Waals surface area contributed by atoms with E-state index in [-0.39, 0.29) is 0 Å². The summed E-state index contributed by atoms with van der Waals surface area (Å²) in [5.41, 5.74) is 0. The fourth-order valence-corrected chi connectivity index (χ4v) is 6.22. The molecule has 0 heterocycles. The fraction of sp³-hybridized carbons (Fsp3) is 1.00. The van der Waals surface area contributed by atoms with Crippen molar-refractivity contribution in [2.24, 2.45) is 0 Å². The maximum absolute atomic E-state index is 5.78. The van der Waals surface area contributed by atoms with Crippen molar-refractivity contribution < 1.29 is 13.3 Å². The van der Waals surface area contributed by atoms with E-state index in [9.17, 15) is 0 Å². The molecule has 0 aliphatic rings. The average Bonchev–Trinajstić information content (AvgIpc) is 2.24. The molecule has 0 radical (unpaired) electrons. The summed E-state index contributed by atoms with van der Waals surface area (Å²) in [6.45, 7) is 7.80. The minimum Gasteiger partial charge on any atom is -0.374 e. The van der Waals surface area contributed by atoms with Gasteiger partial charge in [-0.1, -0.05) is 11.8 Å². The Balaban J connectivity index is 4.25. The van der Waals surface area contributed by atoms with E-state index in [2.05, 4.69) is 24.5 Å². The Labute approximate surface area is 128 Å². The van der Waals surface area contributed by atoms with Crippen molar-refractivity contribution in [3.05, 3.63) is 0 Å². The van der Waals surface area contributed by atoms with E-state index in [1.54, 1.807) is 0 Å². The summed E-state index contributed by atoms with van der Waals surface area (Å²) < 4.78 is 15.7. The third-order valence-corrected chi connectivity index (χ3v) is 8.07. The molecule has 0 saturated heterocycles. The lowest BCUT2D eigenvalue weighted by Crippen LogP contribution is -2.45. The number of unbranched alkanes of at least 4 members (excludes halogenated alkanes) is 1. The van der Waals surface area contributed by atoms with Gasteiger partial charge in [-0.2, -0.15) is 0 Å². The lowest BCUT2D eigenvalue weighted by atomic mass is 10.4. The Morgan fingerprint density at radius 3 is 1.72 bits per heavy atom. The van der Waals surface area contributed by atoms with Crippen molar-refractivity contribution in [2.75, 3.05) is 26.0 Å². The molecule has 0 unspecified atom stereocenters. The summed E-state index contributed by atoms with van der Waals surface area (Å²) in [5, 5.41) is 0. The molecule has 3 nitrogen and oxygen atoms in total. The highest BCUT2D eigenvalue weighted by Gasteiger charge is 2.39. The summed E-state index contributed by atoms with van der Waals surface area (Å²) >= 11 is 13.9. The molecular formula is C10H25O3PS3Si. The smallest absolute Gasteiger partial charge is 0.374 e. The van der Waals surface area contributed by atoms with Crippen molar-refractivity contribution in [1.29, 1.82) is 0 Å². The lowest BCUT2D eigenvalue weighted by Gasteiger charge is -2.28. The minimum absolute atomic E-state index is 0.628. The first-order chi connectivity index (χ1) is 8.39. The summed E-state index contributed by atoms with van der Waals surface area (Å²) in [7, 11) is -2.46. The standard InChI is InChI=1S/C10H25O3PS3Si/c1-4-11-18(12-5-2,13-6-3)10-8-7-9-14(15,16)17/h4-10H2,1-3H3,(H2,15,16,17). The summed E-state index contributed by atoms with van der Waals surface area (Å²) in [6.07, 6.45) is 2.89. The number of rotatable bonds is 11. The zero-order valence-electron chi connectivity index (χ0n) is 11.4. The van der Waals surface area contributed by atoms with Gasteiger partial charge in [0.15, 0.2) is 0 Å². The Morgan fingerprint density at radius 1 is 0.944 bits per heavy atom. The van der Waals surface area contributed by atoms with E-state index >= 15 is 0 Å². The van der Waals surface area contributed by atoms with Crippen LogP contribution in [0.5, 0.6) is 0 Å². The molecule has 0 aliphatic carbocycles. The number of hydrogen-bond donors (Lipinski definition) is 2. The molecular weight excluding hydrogens is 323 g/mol. The SMILES string of the molecule is CCO[Si](CCCCP(=S)(S)S)(OCC)OCC. The quantitative estimate of drug-likeness (QED) is 0.256. The van der Waals surface area contributed by atoms with Gasteiger partial charge in [-0.15, -0.1) is 24.5 Å².